The summed E-state index contributed by atoms with van der Waals surface area (Å²) in [6.45, 7) is 10.9. The van der Waals surface area contributed by atoms with Gasteiger partial charge in [-0.1, -0.05) is 67.1 Å². The van der Waals surface area contributed by atoms with Crippen LogP contribution in [0, 0.1) is 6.92 Å². The minimum atomic E-state index is -1.08. The number of piperazine rings is 1. The Morgan fingerprint density at radius 3 is 2.26 bits per heavy atom. The third-order valence-electron chi connectivity index (χ3n) is 9.45. The Hall–Kier alpha value is -4.28. The van der Waals surface area contributed by atoms with Crippen molar-refractivity contribution in [2.45, 2.75) is 52.7 Å². The number of ketones is 1. The molecule has 0 spiro atoms. The van der Waals surface area contributed by atoms with E-state index in [2.05, 4.69) is 54.0 Å². The Morgan fingerprint density at radius 2 is 1.49 bits per heavy atom. The molecule has 9 nitrogen and oxygen atoms in total. The molecule has 0 N–H and O–H groups in total. The number of hydrogen-bond donors (Lipinski definition) is 0. The minimum Gasteiger partial charge on any atom is -0.550 e. The number of aryl methyl sites for hydroxylation is 2. The van der Waals surface area contributed by atoms with Gasteiger partial charge in [0.2, 0.25) is 0 Å². The van der Waals surface area contributed by atoms with Crippen LogP contribution in [0.1, 0.15) is 59.7 Å². The number of rotatable bonds is 18. The summed E-state index contributed by atoms with van der Waals surface area (Å²) in [5.41, 5.74) is 5.32. The summed E-state index contributed by atoms with van der Waals surface area (Å²) in [5, 5.41) is 11.8. The van der Waals surface area contributed by atoms with E-state index in [1.807, 2.05) is 59.3 Å². The van der Waals surface area contributed by atoms with Crippen LogP contribution in [-0.4, -0.2) is 67.2 Å². The molecule has 1 aliphatic heterocycles. The molecular weight excluding hydrogens is 677 g/mol. The number of aliphatic carboxylic acids is 1. The normalized spacial score (nSPS) is 13.1. The average molecular weight is 726 g/mol. The van der Waals surface area contributed by atoms with Gasteiger partial charge in [-0.15, -0.1) is 0 Å². The largest absolute Gasteiger partial charge is 1.00 e. The molecular formula is C43H48N3NaO6. The van der Waals surface area contributed by atoms with E-state index in [9.17, 15) is 14.7 Å². The zero-order valence-corrected chi connectivity index (χ0v) is 33.2. The van der Waals surface area contributed by atoms with Crippen LogP contribution in [0.2, 0.25) is 0 Å². The first-order valence-corrected chi connectivity index (χ1v) is 18.4. The summed E-state index contributed by atoms with van der Waals surface area (Å²) in [4.78, 5) is 29.9. The molecule has 0 atom stereocenters. The third kappa shape index (κ3) is 10.7. The number of fused-ring (bicyclic) bond motifs is 1. The third-order valence-corrected chi connectivity index (χ3v) is 9.45. The smallest absolute Gasteiger partial charge is 0.550 e. The molecule has 272 valence electrons. The molecule has 53 heavy (non-hydrogen) atoms. The summed E-state index contributed by atoms with van der Waals surface area (Å²) >= 11 is 0. The van der Waals surface area contributed by atoms with Gasteiger partial charge in [0, 0.05) is 73.5 Å². The molecule has 1 aromatic heterocycles. The first-order valence-electron chi connectivity index (χ1n) is 18.4. The van der Waals surface area contributed by atoms with E-state index in [0.717, 1.165) is 73.5 Å². The molecule has 0 unspecified atom stereocenters. The van der Waals surface area contributed by atoms with Gasteiger partial charge in [0.05, 0.1) is 18.9 Å². The van der Waals surface area contributed by atoms with Crippen molar-refractivity contribution < 1.29 is 58.5 Å². The SMILES string of the molecule is CCCOc1ccccc1N1CCN(CCCOc2cc(C(=O)c3cn(CCCC(=O)[O-])c4ccccc34)ccc2OCc2ccc(C)cc2)CC1.[Na+]. The summed E-state index contributed by atoms with van der Waals surface area (Å²) < 4.78 is 20.6. The number of carboxylic acid groups (broad SMARTS) is 1. The van der Waals surface area contributed by atoms with Crippen LogP contribution < -0.4 is 53.8 Å². The Kier molecular flexibility index (Phi) is 14.8. The quantitative estimate of drug-likeness (QED) is 0.0768. The van der Waals surface area contributed by atoms with E-state index < -0.39 is 5.97 Å². The predicted molar refractivity (Wildman–Crippen MR) is 203 cm³/mol. The van der Waals surface area contributed by atoms with Crippen molar-refractivity contribution in [3.63, 3.8) is 0 Å². The number of aromatic nitrogens is 1. The topological polar surface area (TPSA) is 96.3 Å². The second kappa shape index (κ2) is 19.7. The Labute approximate surface area is 334 Å². The van der Waals surface area contributed by atoms with E-state index in [0.29, 0.717) is 55.4 Å². The average Bonchev–Trinajstić information content (AvgIpc) is 3.54. The Bertz CT molecular complexity index is 1950. The molecule has 1 saturated heterocycles. The monoisotopic (exact) mass is 725 g/mol. The first-order chi connectivity index (χ1) is 25.4. The van der Waals surface area contributed by atoms with Crippen LogP contribution in [-0.2, 0) is 17.9 Å². The van der Waals surface area contributed by atoms with Crippen LogP contribution in [0.15, 0.2) is 97.2 Å². The zero-order valence-electron chi connectivity index (χ0n) is 31.2. The maximum absolute atomic E-state index is 14.0. The number of anilines is 1. The van der Waals surface area contributed by atoms with Gasteiger partial charge in [0.15, 0.2) is 17.3 Å². The summed E-state index contributed by atoms with van der Waals surface area (Å²) in [5.74, 6) is 0.849. The van der Waals surface area contributed by atoms with Crippen molar-refractivity contribution in [3.05, 3.63) is 119 Å². The van der Waals surface area contributed by atoms with Crippen LogP contribution in [0.5, 0.6) is 17.2 Å². The van der Waals surface area contributed by atoms with E-state index in [-0.39, 0.29) is 41.8 Å². The van der Waals surface area contributed by atoms with Crippen molar-refractivity contribution in [1.29, 1.82) is 0 Å². The van der Waals surface area contributed by atoms with Crippen molar-refractivity contribution in [2.75, 3.05) is 50.8 Å². The molecule has 6 rings (SSSR count). The number of benzene rings is 4. The molecule has 0 aliphatic carbocycles. The first kappa shape index (κ1) is 39.9. The second-order valence-corrected chi connectivity index (χ2v) is 13.3. The number of para-hydroxylation sites is 3. The predicted octanol–water partition coefficient (Wildman–Crippen LogP) is 3.67. The number of carbonyl (C=O) groups is 2. The molecule has 1 fully saturated rings. The van der Waals surface area contributed by atoms with Gasteiger partial charge in [-0.3, -0.25) is 9.69 Å². The second-order valence-electron chi connectivity index (χ2n) is 13.3. The molecule has 1 aliphatic rings. The van der Waals surface area contributed by atoms with Gasteiger partial charge >= 0.3 is 29.6 Å². The molecule has 0 radical (unpaired) electrons. The summed E-state index contributed by atoms with van der Waals surface area (Å²) in [7, 11) is 0. The van der Waals surface area contributed by atoms with Crippen LogP contribution in [0.3, 0.4) is 0 Å². The number of nitrogens with zero attached hydrogens (tertiary/aromatic N) is 3. The molecule has 0 bridgehead atoms. The summed E-state index contributed by atoms with van der Waals surface area (Å²) in [6, 6.07) is 29.6. The molecule has 5 aromatic rings. The van der Waals surface area contributed by atoms with Crippen LogP contribution in [0.4, 0.5) is 5.69 Å². The molecule has 4 aromatic carbocycles. The standard InChI is InChI=1S/C43H49N3O6.Na/c1-3-27-50-39-13-7-6-12-38(39)45-25-23-44(24-26-45)21-9-28-51-41-29-34(19-20-40(41)52-31-33-17-15-32(2)16-18-33)43(49)36-30-46(22-8-14-42(47)48)37-11-5-4-10-35(36)37;/h4-7,10-13,15-20,29-30H,3,8-9,14,21-28,31H2,1-2H3,(H,47,48);/q;+1/p-1. The van der Waals surface area contributed by atoms with Crippen LogP contribution >= 0.6 is 0 Å². The molecule has 0 amide bonds. The maximum atomic E-state index is 14.0. The van der Waals surface area contributed by atoms with Crippen LogP contribution in [0.25, 0.3) is 10.9 Å². The van der Waals surface area contributed by atoms with Gasteiger partial charge < -0.3 is 33.6 Å². The van der Waals surface area contributed by atoms with E-state index in [4.69, 9.17) is 14.2 Å². The minimum absolute atomic E-state index is 0. The zero-order chi connectivity index (χ0) is 36.3. The Morgan fingerprint density at radius 1 is 0.755 bits per heavy atom. The number of ether oxygens (including phenoxy) is 3. The fraction of sp³-hybridized carbons (Fsp3) is 0.349. The van der Waals surface area contributed by atoms with E-state index in [1.54, 1.807) is 12.1 Å². The van der Waals surface area contributed by atoms with Gasteiger partial charge in [0.1, 0.15) is 12.4 Å². The molecule has 10 heteroatoms. The van der Waals surface area contributed by atoms with Crippen molar-refractivity contribution >= 4 is 28.3 Å². The maximum Gasteiger partial charge on any atom is 1.00 e. The van der Waals surface area contributed by atoms with E-state index in [1.165, 1.54) is 5.56 Å². The van der Waals surface area contributed by atoms with Gasteiger partial charge in [0.25, 0.3) is 0 Å². The van der Waals surface area contributed by atoms with Gasteiger partial charge in [-0.05, 0) is 74.6 Å². The molecule has 2 heterocycles. The van der Waals surface area contributed by atoms with Crippen molar-refractivity contribution in [2.24, 2.45) is 0 Å². The number of carboxylic acids is 1. The van der Waals surface area contributed by atoms with Gasteiger partial charge in [-0.25, -0.2) is 0 Å². The number of carbonyl (C=O) groups excluding carboxylic acids is 2. The van der Waals surface area contributed by atoms with Crippen molar-refractivity contribution in [3.8, 4) is 17.2 Å². The molecule has 0 saturated carbocycles. The van der Waals surface area contributed by atoms with Crippen molar-refractivity contribution in [1.82, 2.24) is 9.47 Å². The fourth-order valence-electron chi connectivity index (χ4n) is 6.62. The van der Waals surface area contributed by atoms with Gasteiger partial charge in [-0.2, -0.15) is 0 Å². The van der Waals surface area contributed by atoms with E-state index >= 15 is 0 Å². The fourth-order valence-corrected chi connectivity index (χ4v) is 6.62. The Balaban J connectivity index is 0.00000541. The summed E-state index contributed by atoms with van der Waals surface area (Å²) in [6.07, 6.45) is 4.00. The number of hydrogen-bond acceptors (Lipinski definition) is 8.